The van der Waals surface area contributed by atoms with Crippen LogP contribution in [0.1, 0.15) is 11.1 Å². The molecule has 142 valence electrons. The first-order valence-electron chi connectivity index (χ1n) is 9.40. The smallest absolute Gasteiger partial charge is 0.315 e. The van der Waals surface area contributed by atoms with E-state index < -0.39 is 0 Å². The fourth-order valence-corrected chi connectivity index (χ4v) is 4.41. The second kappa shape index (κ2) is 8.31. The number of rotatable bonds is 6. The summed E-state index contributed by atoms with van der Waals surface area (Å²) >= 11 is 1.72. The normalized spacial score (nSPS) is 10.9. The molecular formula is C23H23N3OS. The number of hydrogen-bond donors (Lipinski definition) is 2. The number of carbonyl (C=O) groups excluding carboxylic acids is 1. The topological polar surface area (TPSA) is 46.1 Å². The number of fused-ring (bicyclic) bond motifs is 1. The van der Waals surface area contributed by atoms with Crippen molar-refractivity contribution in [1.82, 2.24) is 15.2 Å². The van der Waals surface area contributed by atoms with Gasteiger partial charge in [0.2, 0.25) is 0 Å². The standard InChI is InChI=1S/C23H23N3OS/c1-26-20-11-6-5-10-18(20)19(22(26)21-12-7-15-28-21)16-25-23(27)24-14-13-17-8-3-2-4-9-17/h2-12,15H,13-14,16H2,1H3,(H2,24,25,27). The van der Waals surface area contributed by atoms with Gasteiger partial charge in [0, 0.05) is 36.6 Å². The number of carbonyl (C=O) groups is 1. The van der Waals surface area contributed by atoms with Crippen LogP contribution in [-0.4, -0.2) is 17.1 Å². The summed E-state index contributed by atoms with van der Waals surface area (Å²) in [5.41, 5.74) is 4.71. The van der Waals surface area contributed by atoms with Crippen molar-refractivity contribution in [2.75, 3.05) is 6.54 Å². The van der Waals surface area contributed by atoms with Crippen molar-refractivity contribution >= 4 is 28.3 Å². The van der Waals surface area contributed by atoms with Crippen molar-refractivity contribution in [3.63, 3.8) is 0 Å². The van der Waals surface area contributed by atoms with Crippen LogP contribution in [0.25, 0.3) is 21.5 Å². The van der Waals surface area contributed by atoms with Gasteiger partial charge in [0.05, 0.1) is 10.6 Å². The van der Waals surface area contributed by atoms with Gasteiger partial charge in [0.1, 0.15) is 0 Å². The minimum atomic E-state index is -0.138. The minimum Gasteiger partial charge on any atom is -0.343 e. The van der Waals surface area contributed by atoms with Gasteiger partial charge in [0.25, 0.3) is 0 Å². The third-order valence-electron chi connectivity index (χ3n) is 4.93. The van der Waals surface area contributed by atoms with Gasteiger partial charge in [-0.3, -0.25) is 0 Å². The summed E-state index contributed by atoms with van der Waals surface area (Å²) in [5, 5.41) is 9.25. The Kier molecular flexibility index (Phi) is 5.44. The summed E-state index contributed by atoms with van der Waals surface area (Å²) in [5.74, 6) is 0. The van der Waals surface area contributed by atoms with Crippen molar-refractivity contribution in [2.45, 2.75) is 13.0 Å². The Labute approximate surface area is 168 Å². The Morgan fingerprint density at radius 1 is 0.964 bits per heavy atom. The quantitative estimate of drug-likeness (QED) is 0.482. The molecule has 0 saturated carbocycles. The average Bonchev–Trinajstić information content (AvgIpc) is 3.34. The van der Waals surface area contributed by atoms with E-state index in [2.05, 4.69) is 64.0 Å². The molecule has 0 aliphatic rings. The lowest BCUT2D eigenvalue weighted by molar-refractivity contribution is 0.240. The van der Waals surface area contributed by atoms with Crippen LogP contribution in [0.3, 0.4) is 0 Å². The molecule has 4 aromatic rings. The predicted molar refractivity (Wildman–Crippen MR) is 117 cm³/mol. The predicted octanol–water partition coefficient (Wildman–Crippen LogP) is 4.95. The molecule has 0 aliphatic heterocycles. The first kappa shape index (κ1) is 18.3. The number of amides is 2. The number of urea groups is 1. The Bertz CT molecular complexity index is 1070. The van der Waals surface area contributed by atoms with E-state index in [9.17, 15) is 4.79 Å². The number of hydrogen-bond acceptors (Lipinski definition) is 2. The number of aromatic nitrogens is 1. The molecule has 0 spiro atoms. The number of aryl methyl sites for hydroxylation is 1. The van der Waals surface area contributed by atoms with Crippen LogP contribution in [-0.2, 0) is 20.0 Å². The van der Waals surface area contributed by atoms with E-state index in [1.165, 1.54) is 27.0 Å². The molecule has 4 nitrogen and oxygen atoms in total. The van der Waals surface area contributed by atoms with Crippen LogP contribution in [0.2, 0.25) is 0 Å². The second-order valence-electron chi connectivity index (χ2n) is 6.73. The van der Waals surface area contributed by atoms with E-state index in [1.54, 1.807) is 11.3 Å². The van der Waals surface area contributed by atoms with Gasteiger partial charge in [-0.15, -0.1) is 11.3 Å². The van der Waals surface area contributed by atoms with Gasteiger partial charge in [-0.25, -0.2) is 4.79 Å². The Hall–Kier alpha value is -3.05. The van der Waals surface area contributed by atoms with Gasteiger partial charge < -0.3 is 15.2 Å². The van der Waals surface area contributed by atoms with E-state index in [0.29, 0.717) is 13.1 Å². The highest BCUT2D eigenvalue weighted by Crippen LogP contribution is 2.35. The minimum absolute atomic E-state index is 0.138. The van der Waals surface area contributed by atoms with Crippen molar-refractivity contribution in [3.05, 3.63) is 83.2 Å². The third-order valence-corrected chi connectivity index (χ3v) is 5.81. The third kappa shape index (κ3) is 3.80. The van der Waals surface area contributed by atoms with Crippen LogP contribution in [0.15, 0.2) is 72.1 Å². The molecule has 2 N–H and O–H groups in total. The molecule has 0 bridgehead atoms. The van der Waals surface area contributed by atoms with E-state index in [0.717, 1.165) is 12.0 Å². The molecule has 5 heteroatoms. The molecule has 0 radical (unpaired) electrons. The summed E-state index contributed by atoms with van der Waals surface area (Å²) in [4.78, 5) is 13.5. The van der Waals surface area contributed by atoms with Gasteiger partial charge in [-0.1, -0.05) is 54.6 Å². The Balaban J connectivity index is 1.47. The monoisotopic (exact) mass is 389 g/mol. The number of thiophene rings is 1. The molecule has 2 heterocycles. The van der Waals surface area contributed by atoms with Gasteiger partial charge in [0.15, 0.2) is 0 Å². The fraction of sp³-hybridized carbons (Fsp3) is 0.174. The Morgan fingerprint density at radius 3 is 2.54 bits per heavy atom. The number of nitrogens with zero attached hydrogens (tertiary/aromatic N) is 1. The summed E-state index contributed by atoms with van der Waals surface area (Å²) in [6, 6.07) is 22.6. The SMILES string of the molecule is Cn1c(-c2cccs2)c(CNC(=O)NCCc2ccccc2)c2ccccc21. The second-order valence-corrected chi connectivity index (χ2v) is 7.67. The van der Waals surface area contributed by atoms with Crippen molar-refractivity contribution < 1.29 is 4.79 Å². The van der Waals surface area contributed by atoms with Crippen LogP contribution in [0.4, 0.5) is 4.79 Å². The highest BCUT2D eigenvalue weighted by atomic mass is 32.1. The first-order valence-corrected chi connectivity index (χ1v) is 10.3. The molecule has 0 fully saturated rings. The molecule has 28 heavy (non-hydrogen) atoms. The van der Waals surface area contributed by atoms with Gasteiger partial charge in [-0.05, 0) is 29.5 Å². The maximum absolute atomic E-state index is 12.3. The summed E-state index contributed by atoms with van der Waals surface area (Å²) in [6.45, 7) is 1.11. The Morgan fingerprint density at radius 2 is 1.75 bits per heavy atom. The number of benzene rings is 2. The lowest BCUT2D eigenvalue weighted by Gasteiger charge is -2.10. The molecule has 0 atom stereocenters. The van der Waals surface area contributed by atoms with Gasteiger partial charge >= 0.3 is 6.03 Å². The maximum atomic E-state index is 12.3. The van der Waals surface area contributed by atoms with E-state index >= 15 is 0 Å². The summed E-state index contributed by atoms with van der Waals surface area (Å²) < 4.78 is 2.21. The largest absolute Gasteiger partial charge is 0.343 e. The van der Waals surface area contributed by atoms with E-state index in [4.69, 9.17) is 0 Å². The highest BCUT2D eigenvalue weighted by molar-refractivity contribution is 7.13. The zero-order valence-corrected chi connectivity index (χ0v) is 16.6. The number of para-hydroxylation sites is 1. The molecule has 2 aromatic heterocycles. The molecule has 0 unspecified atom stereocenters. The summed E-state index contributed by atoms with van der Waals surface area (Å²) in [7, 11) is 2.08. The molecule has 4 rings (SSSR count). The number of nitrogens with one attached hydrogen (secondary N) is 2. The zero-order valence-electron chi connectivity index (χ0n) is 15.8. The lowest BCUT2D eigenvalue weighted by Crippen LogP contribution is -2.36. The highest BCUT2D eigenvalue weighted by Gasteiger charge is 2.17. The van der Waals surface area contributed by atoms with Crippen molar-refractivity contribution in [2.24, 2.45) is 7.05 Å². The van der Waals surface area contributed by atoms with E-state index in [1.807, 2.05) is 30.3 Å². The molecule has 0 aliphatic carbocycles. The van der Waals surface area contributed by atoms with Crippen LogP contribution in [0.5, 0.6) is 0 Å². The van der Waals surface area contributed by atoms with Crippen LogP contribution in [0, 0.1) is 0 Å². The molecular weight excluding hydrogens is 366 g/mol. The van der Waals surface area contributed by atoms with Gasteiger partial charge in [-0.2, -0.15) is 0 Å². The maximum Gasteiger partial charge on any atom is 0.315 e. The first-order chi connectivity index (χ1) is 13.7. The fourth-order valence-electron chi connectivity index (χ4n) is 3.57. The van der Waals surface area contributed by atoms with E-state index in [-0.39, 0.29) is 6.03 Å². The zero-order chi connectivity index (χ0) is 19.3. The van der Waals surface area contributed by atoms with Crippen LogP contribution >= 0.6 is 11.3 Å². The van der Waals surface area contributed by atoms with Crippen molar-refractivity contribution in [1.29, 1.82) is 0 Å². The molecule has 0 saturated heterocycles. The molecule has 2 aromatic carbocycles. The lowest BCUT2D eigenvalue weighted by atomic mass is 10.1. The average molecular weight is 390 g/mol. The van der Waals surface area contributed by atoms with Crippen LogP contribution < -0.4 is 10.6 Å². The summed E-state index contributed by atoms with van der Waals surface area (Å²) in [6.07, 6.45) is 0.822. The molecule has 2 amide bonds. The van der Waals surface area contributed by atoms with Crippen molar-refractivity contribution in [3.8, 4) is 10.6 Å².